The van der Waals surface area contributed by atoms with Crippen molar-refractivity contribution >= 4 is 11.8 Å². The minimum atomic E-state index is -0.0559. The number of hydrogen-bond acceptors (Lipinski definition) is 3. The number of aromatic nitrogens is 2. The van der Waals surface area contributed by atoms with Gasteiger partial charge in [-0.2, -0.15) is 11.8 Å². The van der Waals surface area contributed by atoms with Crippen molar-refractivity contribution in [2.24, 2.45) is 5.73 Å². The fourth-order valence-electron chi connectivity index (χ4n) is 0.924. The van der Waals surface area contributed by atoms with Crippen LogP contribution in [0.25, 0.3) is 0 Å². The summed E-state index contributed by atoms with van der Waals surface area (Å²) < 4.78 is 2.08. The lowest BCUT2D eigenvalue weighted by atomic mass is 10.1. The van der Waals surface area contributed by atoms with E-state index in [9.17, 15) is 0 Å². The van der Waals surface area contributed by atoms with Crippen LogP contribution >= 0.6 is 11.8 Å². The third-order valence-corrected chi connectivity index (χ3v) is 2.95. The van der Waals surface area contributed by atoms with E-state index in [-0.39, 0.29) is 5.54 Å². The largest absolute Gasteiger partial charge is 0.337 e. The van der Waals surface area contributed by atoms with E-state index in [1.165, 1.54) is 0 Å². The Bertz CT molecular complexity index is 226. The fourth-order valence-corrected chi connectivity index (χ4v) is 1.93. The molecule has 0 radical (unpaired) electrons. The zero-order valence-corrected chi connectivity index (χ0v) is 9.05. The molecule has 0 aromatic carbocycles. The van der Waals surface area contributed by atoms with Gasteiger partial charge in [-0.25, -0.2) is 4.98 Å². The van der Waals surface area contributed by atoms with Crippen molar-refractivity contribution in [2.75, 3.05) is 11.5 Å². The predicted molar refractivity (Wildman–Crippen MR) is 57.8 cm³/mol. The summed E-state index contributed by atoms with van der Waals surface area (Å²) in [6.45, 7) is 5.12. The minimum Gasteiger partial charge on any atom is -0.337 e. The van der Waals surface area contributed by atoms with E-state index in [2.05, 4.69) is 23.4 Å². The van der Waals surface area contributed by atoms with Crippen molar-refractivity contribution in [1.82, 2.24) is 9.55 Å². The molecule has 1 heterocycles. The second kappa shape index (κ2) is 4.67. The summed E-state index contributed by atoms with van der Waals surface area (Å²) in [6.07, 6.45) is 5.62. The molecule has 0 aliphatic carbocycles. The summed E-state index contributed by atoms with van der Waals surface area (Å²) in [5.41, 5.74) is 5.80. The molecule has 13 heavy (non-hydrogen) atoms. The maximum Gasteiger partial charge on any atom is 0.0946 e. The van der Waals surface area contributed by atoms with E-state index in [0.29, 0.717) is 0 Å². The highest BCUT2D eigenvalue weighted by molar-refractivity contribution is 7.99. The van der Waals surface area contributed by atoms with Gasteiger partial charge in [0, 0.05) is 36.0 Å². The fraction of sp³-hybridized carbons (Fsp3) is 0.667. The van der Waals surface area contributed by atoms with E-state index >= 15 is 0 Å². The molecular weight excluding hydrogens is 182 g/mol. The van der Waals surface area contributed by atoms with Crippen LogP contribution in [0.2, 0.25) is 0 Å². The Morgan fingerprint density at radius 3 is 2.85 bits per heavy atom. The number of rotatable bonds is 5. The maximum atomic E-state index is 5.85. The summed E-state index contributed by atoms with van der Waals surface area (Å²) in [5.74, 6) is 2.10. The van der Waals surface area contributed by atoms with Gasteiger partial charge in [0.1, 0.15) is 0 Å². The molecule has 0 aliphatic rings. The Morgan fingerprint density at radius 2 is 2.31 bits per heavy atom. The second-order valence-electron chi connectivity index (χ2n) is 3.84. The molecule has 0 fully saturated rings. The molecule has 3 nitrogen and oxygen atoms in total. The van der Waals surface area contributed by atoms with Gasteiger partial charge < -0.3 is 10.3 Å². The highest BCUT2D eigenvalue weighted by Crippen LogP contribution is 2.09. The molecule has 0 bridgehead atoms. The monoisotopic (exact) mass is 199 g/mol. The van der Waals surface area contributed by atoms with Crippen LogP contribution in [0.5, 0.6) is 0 Å². The summed E-state index contributed by atoms with van der Waals surface area (Å²) in [7, 11) is 0. The number of aryl methyl sites for hydroxylation is 1. The van der Waals surface area contributed by atoms with Gasteiger partial charge in [-0.3, -0.25) is 0 Å². The molecule has 1 rings (SSSR count). The third-order valence-electron chi connectivity index (χ3n) is 1.53. The molecule has 0 amide bonds. The van der Waals surface area contributed by atoms with Gasteiger partial charge in [0.05, 0.1) is 6.33 Å². The maximum absolute atomic E-state index is 5.85. The van der Waals surface area contributed by atoms with Crippen LogP contribution in [-0.4, -0.2) is 26.6 Å². The molecule has 0 unspecified atom stereocenters. The Morgan fingerprint density at radius 1 is 1.54 bits per heavy atom. The zero-order chi connectivity index (χ0) is 9.73. The molecule has 4 heteroatoms. The average Bonchev–Trinajstić information content (AvgIpc) is 2.48. The van der Waals surface area contributed by atoms with Gasteiger partial charge in [-0.1, -0.05) is 0 Å². The van der Waals surface area contributed by atoms with E-state index in [1.807, 2.05) is 24.3 Å². The quantitative estimate of drug-likeness (QED) is 0.728. The first-order valence-electron chi connectivity index (χ1n) is 4.40. The Hall–Kier alpha value is -0.480. The smallest absolute Gasteiger partial charge is 0.0946 e. The van der Waals surface area contributed by atoms with Gasteiger partial charge in [-0.05, 0) is 13.8 Å². The summed E-state index contributed by atoms with van der Waals surface area (Å²) >= 11 is 1.88. The normalized spacial score (nSPS) is 11.9. The molecule has 0 saturated heterocycles. The number of hydrogen-bond donors (Lipinski definition) is 1. The molecule has 0 atom stereocenters. The first kappa shape index (κ1) is 10.6. The van der Waals surface area contributed by atoms with Crippen molar-refractivity contribution in [3.8, 4) is 0 Å². The standard InChI is InChI=1S/C9H17N3S/c1-9(2,10)7-13-6-5-12-4-3-11-8-12/h3-4,8H,5-7,10H2,1-2H3. The van der Waals surface area contributed by atoms with E-state index in [0.717, 1.165) is 18.1 Å². The number of imidazole rings is 1. The lowest BCUT2D eigenvalue weighted by Gasteiger charge is -2.17. The molecule has 0 aliphatic heterocycles. The first-order valence-corrected chi connectivity index (χ1v) is 5.56. The number of nitrogens with zero attached hydrogens (tertiary/aromatic N) is 2. The minimum absolute atomic E-state index is 0.0559. The topological polar surface area (TPSA) is 43.8 Å². The van der Waals surface area contributed by atoms with Gasteiger partial charge in [0.2, 0.25) is 0 Å². The van der Waals surface area contributed by atoms with Crippen molar-refractivity contribution in [2.45, 2.75) is 25.9 Å². The second-order valence-corrected chi connectivity index (χ2v) is 4.95. The van der Waals surface area contributed by atoms with Crippen LogP contribution in [0.4, 0.5) is 0 Å². The molecule has 0 saturated carbocycles. The van der Waals surface area contributed by atoms with Crippen LogP contribution in [0.15, 0.2) is 18.7 Å². The highest BCUT2D eigenvalue weighted by Gasteiger charge is 2.09. The van der Waals surface area contributed by atoms with E-state index in [4.69, 9.17) is 5.73 Å². The van der Waals surface area contributed by atoms with Gasteiger partial charge in [-0.15, -0.1) is 0 Å². The zero-order valence-electron chi connectivity index (χ0n) is 8.23. The molecule has 1 aromatic rings. The van der Waals surface area contributed by atoms with Crippen LogP contribution in [0.3, 0.4) is 0 Å². The highest BCUT2D eigenvalue weighted by atomic mass is 32.2. The van der Waals surface area contributed by atoms with Gasteiger partial charge >= 0.3 is 0 Å². The molecule has 2 N–H and O–H groups in total. The Balaban J connectivity index is 2.09. The molecule has 1 aromatic heterocycles. The van der Waals surface area contributed by atoms with Crippen LogP contribution < -0.4 is 5.73 Å². The lowest BCUT2D eigenvalue weighted by Crippen LogP contribution is -2.34. The third kappa shape index (κ3) is 4.95. The first-order chi connectivity index (χ1) is 6.08. The van der Waals surface area contributed by atoms with Crippen LogP contribution in [0, 0.1) is 0 Å². The van der Waals surface area contributed by atoms with Gasteiger partial charge in [0.15, 0.2) is 0 Å². The average molecular weight is 199 g/mol. The summed E-state index contributed by atoms with van der Waals surface area (Å²) in [6, 6.07) is 0. The summed E-state index contributed by atoms with van der Waals surface area (Å²) in [5, 5.41) is 0. The summed E-state index contributed by atoms with van der Waals surface area (Å²) in [4.78, 5) is 3.98. The number of nitrogens with two attached hydrogens (primary N) is 1. The van der Waals surface area contributed by atoms with Crippen LogP contribution in [-0.2, 0) is 6.54 Å². The lowest BCUT2D eigenvalue weighted by molar-refractivity contribution is 0.590. The Labute approximate surface area is 83.7 Å². The van der Waals surface area contributed by atoms with Crippen molar-refractivity contribution < 1.29 is 0 Å². The SMILES string of the molecule is CC(C)(N)CSCCn1ccnc1. The van der Waals surface area contributed by atoms with Crippen molar-refractivity contribution in [1.29, 1.82) is 0 Å². The van der Waals surface area contributed by atoms with Crippen molar-refractivity contribution in [3.05, 3.63) is 18.7 Å². The van der Waals surface area contributed by atoms with E-state index in [1.54, 1.807) is 6.20 Å². The van der Waals surface area contributed by atoms with Crippen LogP contribution in [0.1, 0.15) is 13.8 Å². The van der Waals surface area contributed by atoms with Gasteiger partial charge in [0.25, 0.3) is 0 Å². The molecule has 74 valence electrons. The predicted octanol–water partition coefficient (Wildman–Crippen LogP) is 1.35. The van der Waals surface area contributed by atoms with Crippen molar-refractivity contribution in [3.63, 3.8) is 0 Å². The molecule has 0 spiro atoms. The molecular formula is C9H17N3S. The van der Waals surface area contributed by atoms with E-state index < -0.39 is 0 Å². The Kier molecular flexibility index (Phi) is 3.81. The number of thioether (sulfide) groups is 1.